The molecule has 2 amide bonds. The van der Waals surface area contributed by atoms with Crippen LogP contribution in [0.4, 0.5) is 4.79 Å². The van der Waals surface area contributed by atoms with Crippen molar-refractivity contribution in [2.45, 2.75) is 76.7 Å². The van der Waals surface area contributed by atoms with Gasteiger partial charge in [-0.25, -0.2) is 9.59 Å². The zero-order valence-corrected chi connectivity index (χ0v) is 16.1. The van der Waals surface area contributed by atoms with Gasteiger partial charge in [-0.1, -0.05) is 12.5 Å². The van der Waals surface area contributed by atoms with Crippen molar-refractivity contribution >= 4 is 12.0 Å². The number of urea groups is 1. The average Bonchev–Trinajstić information content (AvgIpc) is 2.55. The topological polar surface area (TPSA) is 67.4 Å². The average molecular weight is 363 g/mol. The second kappa shape index (κ2) is 8.92. The molecule has 0 spiro atoms. The van der Waals surface area contributed by atoms with Gasteiger partial charge in [-0.05, 0) is 82.5 Å². The standard InChI is InChI=1S/C21H34N2O3/c1-2-26-19(24)8-6-4-3-5-7-9-22-20(25)23-21-13-16-10-17(14-21)12-18(11-16)15-21/h6,8,16-18H,2-5,7,9-15H2,1H3,(H2,22,23,25)/b8-6+. The van der Waals surface area contributed by atoms with Gasteiger partial charge >= 0.3 is 12.0 Å². The van der Waals surface area contributed by atoms with Crippen LogP contribution < -0.4 is 10.6 Å². The van der Waals surface area contributed by atoms with E-state index < -0.39 is 0 Å². The molecule has 0 aromatic rings. The van der Waals surface area contributed by atoms with Crippen molar-refractivity contribution in [1.29, 1.82) is 0 Å². The lowest BCUT2D eigenvalue weighted by Crippen LogP contribution is -2.61. The minimum absolute atomic E-state index is 0.0224. The Balaban J connectivity index is 1.26. The van der Waals surface area contributed by atoms with Gasteiger partial charge in [0.05, 0.1) is 6.61 Å². The molecule has 26 heavy (non-hydrogen) atoms. The second-order valence-electron chi connectivity index (χ2n) is 8.58. The van der Waals surface area contributed by atoms with E-state index in [9.17, 15) is 9.59 Å². The molecular weight excluding hydrogens is 328 g/mol. The van der Waals surface area contributed by atoms with Crippen LogP contribution in [0.25, 0.3) is 0 Å². The Kier molecular flexibility index (Phi) is 6.60. The van der Waals surface area contributed by atoms with E-state index in [-0.39, 0.29) is 17.5 Å². The van der Waals surface area contributed by atoms with E-state index in [1.807, 2.05) is 6.08 Å². The third-order valence-electron chi connectivity index (χ3n) is 6.29. The summed E-state index contributed by atoms with van der Waals surface area (Å²) in [6.07, 6.45) is 15.1. The molecule has 0 atom stereocenters. The molecule has 4 saturated carbocycles. The van der Waals surface area contributed by atoms with Crippen LogP contribution >= 0.6 is 0 Å². The molecule has 5 nitrogen and oxygen atoms in total. The normalized spacial score (nSPS) is 32.0. The highest BCUT2D eigenvalue weighted by atomic mass is 16.5. The Labute approximate surface area is 157 Å². The van der Waals surface area contributed by atoms with Crippen LogP contribution in [0, 0.1) is 17.8 Å². The molecule has 2 N–H and O–H groups in total. The molecule has 4 aliphatic rings. The van der Waals surface area contributed by atoms with Crippen LogP contribution in [0.1, 0.15) is 71.1 Å². The van der Waals surface area contributed by atoms with Crippen molar-refractivity contribution in [3.8, 4) is 0 Å². The minimum atomic E-state index is -0.268. The molecular formula is C21H34N2O3. The summed E-state index contributed by atoms with van der Waals surface area (Å²) in [6.45, 7) is 2.94. The van der Waals surface area contributed by atoms with Crippen LogP contribution in [-0.2, 0) is 9.53 Å². The van der Waals surface area contributed by atoms with Crippen LogP contribution in [-0.4, -0.2) is 30.7 Å². The van der Waals surface area contributed by atoms with Crippen molar-refractivity contribution in [1.82, 2.24) is 10.6 Å². The van der Waals surface area contributed by atoms with Crippen molar-refractivity contribution < 1.29 is 14.3 Å². The number of unbranched alkanes of at least 4 members (excludes halogenated alkanes) is 3. The molecule has 0 heterocycles. The molecule has 4 fully saturated rings. The van der Waals surface area contributed by atoms with Crippen LogP contribution in [0.5, 0.6) is 0 Å². The smallest absolute Gasteiger partial charge is 0.330 e. The Morgan fingerprint density at radius 1 is 1.04 bits per heavy atom. The zero-order chi connectivity index (χ0) is 18.4. The summed E-state index contributed by atoms with van der Waals surface area (Å²) < 4.78 is 4.83. The number of esters is 1. The van der Waals surface area contributed by atoms with Crippen LogP contribution in [0.15, 0.2) is 12.2 Å². The summed E-state index contributed by atoms with van der Waals surface area (Å²) in [4.78, 5) is 23.5. The highest BCUT2D eigenvalue weighted by Gasteiger charge is 2.51. The number of carbonyl (C=O) groups is 2. The summed E-state index contributed by atoms with van der Waals surface area (Å²) in [6, 6.07) is 0.0224. The summed E-state index contributed by atoms with van der Waals surface area (Å²) in [7, 11) is 0. The van der Waals surface area contributed by atoms with E-state index in [0.717, 1.165) is 50.0 Å². The first-order valence-electron chi connectivity index (χ1n) is 10.5. The van der Waals surface area contributed by atoms with Gasteiger partial charge in [-0.2, -0.15) is 0 Å². The number of amides is 2. The minimum Gasteiger partial charge on any atom is -0.463 e. The van der Waals surface area contributed by atoms with E-state index >= 15 is 0 Å². The van der Waals surface area contributed by atoms with E-state index in [4.69, 9.17) is 4.74 Å². The van der Waals surface area contributed by atoms with Gasteiger partial charge in [0, 0.05) is 18.2 Å². The lowest BCUT2D eigenvalue weighted by atomic mass is 9.53. The van der Waals surface area contributed by atoms with Crippen LogP contribution in [0.3, 0.4) is 0 Å². The highest BCUT2D eigenvalue weighted by Crippen LogP contribution is 2.55. The van der Waals surface area contributed by atoms with Crippen molar-refractivity contribution in [2.24, 2.45) is 17.8 Å². The van der Waals surface area contributed by atoms with Crippen molar-refractivity contribution in [3.63, 3.8) is 0 Å². The number of allylic oxidation sites excluding steroid dienone is 1. The fourth-order valence-electron chi connectivity index (χ4n) is 5.68. The number of rotatable bonds is 9. The first kappa shape index (κ1) is 19.2. The molecule has 0 aromatic heterocycles. The van der Waals surface area contributed by atoms with E-state index in [1.54, 1.807) is 6.92 Å². The fraction of sp³-hybridized carbons (Fsp3) is 0.810. The zero-order valence-electron chi connectivity index (χ0n) is 16.1. The fourth-order valence-corrected chi connectivity index (χ4v) is 5.68. The predicted molar refractivity (Wildman–Crippen MR) is 102 cm³/mol. The second-order valence-corrected chi connectivity index (χ2v) is 8.58. The first-order chi connectivity index (χ1) is 12.6. The lowest BCUT2D eigenvalue weighted by molar-refractivity contribution is -0.137. The molecule has 0 radical (unpaired) electrons. The Morgan fingerprint density at radius 3 is 2.31 bits per heavy atom. The van der Waals surface area contributed by atoms with Gasteiger partial charge < -0.3 is 15.4 Å². The molecule has 0 aliphatic heterocycles. The lowest BCUT2D eigenvalue weighted by Gasteiger charge is -2.56. The SMILES string of the molecule is CCOC(=O)/C=C/CCCCCNC(=O)NC12CC3CC(CC(C3)C1)C2. The Morgan fingerprint density at radius 2 is 1.69 bits per heavy atom. The van der Waals surface area contributed by atoms with E-state index in [2.05, 4.69) is 10.6 Å². The molecule has 4 rings (SSSR count). The number of hydrogen-bond acceptors (Lipinski definition) is 3. The molecule has 4 bridgehead atoms. The monoisotopic (exact) mass is 362 g/mol. The third-order valence-corrected chi connectivity index (χ3v) is 6.29. The van der Waals surface area contributed by atoms with Crippen LogP contribution in [0.2, 0.25) is 0 Å². The van der Waals surface area contributed by atoms with E-state index in [0.29, 0.717) is 6.61 Å². The predicted octanol–water partition coefficient (Wildman–Crippen LogP) is 3.93. The maximum atomic E-state index is 12.3. The number of ether oxygens (including phenoxy) is 1. The molecule has 0 aromatic carbocycles. The van der Waals surface area contributed by atoms with Gasteiger partial charge in [0.2, 0.25) is 0 Å². The third kappa shape index (κ3) is 5.24. The quantitative estimate of drug-likeness (QED) is 0.371. The maximum Gasteiger partial charge on any atom is 0.330 e. The highest BCUT2D eigenvalue weighted by molar-refractivity contribution is 5.81. The van der Waals surface area contributed by atoms with Crippen molar-refractivity contribution in [2.75, 3.05) is 13.2 Å². The number of hydrogen-bond donors (Lipinski definition) is 2. The molecule has 4 aliphatic carbocycles. The molecule has 0 saturated heterocycles. The maximum absolute atomic E-state index is 12.3. The van der Waals surface area contributed by atoms with E-state index in [1.165, 1.54) is 44.6 Å². The molecule has 0 unspecified atom stereocenters. The first-order valence-corrected chi connectivity index (χ1v) is 10.5. The number of carbonyl (C=O) groups excluding carboxylic acids is 2. The summed E-state index contributed by atoms with van der Waals surface area (Å²) >= 11 is 0. The van der Waals surface area contributed by atoms with Gasteiger partial charge in [0.1, 0.15) is 0 Å². The Bertz CT molecular complexity index is 494. The summed E-state index contributed by atoms with van der Waals surface area (Å²) in [5, 5.41) is 6.39. The van der Waals surface area contributed by atoms with Gasteiger partial charge in [-0.3, -0.25) is 0 Å². The largest absolute Gasteiger partial charge is 0.463 e. The summed E-state index contributed by atoms with van der Waals surface area (Å²) in [5.74, 6) is 2.29. The van der Waals surface area contributed by atoms with Gasteiger partial charge in [0.15, 0.2) is 0 Å². The molecule has 5 heteroatoms. The summed E-state index contributed by atoms with van der Waals surface area (Å²) in [5.41, 5.74) is 0.0940. The Hall–Kier alpha value is -1.52. The van der Waals surface area contributed by atoms with Gasteiger partial charge in [-0.15, -0.1) is 0 Å². The van der Waals surface area contributed by atoms with Gasteiger partial charge in [0.25, 0.3) is 0 Å². The number of nitrogens with one attached hydrogen (secondary N) is 2. The van der Waals surface area contributed by atoms with Crippen molar-refractivity contribution in [3.05, 3.63) is 12.2 Å². The molecule has 146 valence electrons.